The Bertz CT molecular complexity index is 845. The predicted molar refractivity (Wildman–Crippen MR) is 114 cm³/mol. The first-order valence-electron chi connectivity index (χ1n) is 10.1. The summed E-state index contributed by atoms with van der Waals surface area (Å²) in [6, 6.07) is 15.7. The van der Waals surface area contributed by atoms with E-state index in [-0.39, 0.29) is 11.8 Å². The van der Waals surface area contributed by atoms with E-state index in [1.165, 1.54) is 5.56 Å². The van der Waals surface area contributed by atoms with Gasteiger partial charge in [-0.15, -0.1) is 0 Å². The van der Waals surface area contributed by atoms with Gasteiger partial charge in [0.2, 0.25) is 11.8 Å². The number of nitrogens with one attached hydrogen (secondary N) is 1. The molecule has 0 bridgehead atoms. The van der Waals surface area contributed by atoms with Crippen molar-refractivity contribution in [2.45, 2.75) is 39.7 Å². The van der Waals surface area contributed by atoms with Crippen molar-refractivity contribution < 1.29 is 14.3 Å². The van der Waals surface area contributed by atoms with Gasteiger partial charge < -0.3 is 15.0 Å². The second-order valence-corrected chi connectivity index (χ2v) is 8.17. The third kappa shape index (κ3) is 5.37. The van der Waals surface area contributed by atoms with Gasteiger partial charge in [0, 0.05) is 19.6 Å². The molecular weight excluding hydrogens is 364 g/mol. The molecule has 0 aliphatic carbocycles. The number of carbonyl (C=O) groups is 2. The molecule has 1 aliphatic rings. The second kappa shape index (κ2) is 9.12. The van der Waals surface area contributed by atoms with Crippen molar-refractivity contribution in [3.63, 3.8) is 0 Å². The van der Waals surface area contributed by atoms with Crippen LogP contribution in [0.25, 0.3) is 0 Å². The third-order valence-corrected chi connectivity index (χ3v) is 5.69. The van der Waals surface area contributed by atoms with E-state index in [2.05, 4.69) is 5.32 Å². The molecule has 0 radical (unpaired) electrons. The molecule has 0 saturated carbocycles. The van der Waals surface area contributed by atoms with Crippen LogP contribution in [0.2, 0.25) is 0 Å². The molecule has 5 nitrogen and oxygen atoms in total. The minimum absolute atomic E-state index is 0.0139. The Hall–Kier alpha value is -2.82. The van der Waals surface area contributed by atoms with Crippen LogP contribution in [-0.2, 0) is 22.6 Å². The minimum atomic E-state index is -0.557. The van der Waals surface area contributed by atoms with Gasteiger partial charge in [0.05, 0.1) is 18.9 Å². The molecule has 29 heavy (non-hydrogen) atoms. The second-order valence-electron chi connectivity index (χ2n) is 8.17. The number of methoxy groups -OCH3 is 1. The summed E-state index contributed by atoms with van der Waals surface area (Å²) in [5.74, 6) is 0.851. The van der Waals surface area contributed by atoms with E-state index < -0.39 is 5.41 Å². The lowest BCUT2D eigenvalue weighted by Crippen LogP contribution is -2.52. The van der Waals surface area contributed by atoms with Crippen molar-refractivity contribution in [2.75, 3.05) is 20.2 Å². The summed E-state index contributed by atoms with van der Waals surface area (Å²) in [5.41, 5.74) is 2.67. The first-order valence-corrected chi connectivity index (χ1v) is 10.1. The monoisotopic (exact) mass is 394 g/mol. The summed E-state index contributed by atoms with van der Waals surface area (Å²) in [7, 11) is 1.62. The standard InChI is InChI=1S/C24H30N2O3/c1-18-5-7-20(8-6-18)16-25-23(28)24(2)13-4-14-26(17-24)22(27)15-19-9-11-21(29-3)12-10-19/h5-12H,4,13-17H2,1-3H3,(H,25,28). The van der Waals surface area contributed by atoms with Crippen LogP contribution in [0.5, 0.6) is 5.75 Å². The Kier molecular flexibility index (Phi) is 6.57. The Balaban J connectivity index is 1.57. The first kappa shape index (κ1) is 20.9. The summed E-state index contributed by atoms with van der Waals surface area (Å²) < 4.78 is 5.17. The van der Waals surface area contributed by atoms with Crippen molar-refractivity contribution in [3.05, 3.63) is 65.2 Å². The average Bonchev–Trinajstić information content (AvgIpc) is 2.73. The molecule has 1 heterocycles. The molecule has 5 heteroatoms. The topological polar surface area (TPSA) is 58.6 Å². The number of ether oxygens (including phenoxy) is 1. The number of nitrogens with zero attached hydrogens (tertiary/aromatic N) is 1. The average molecular weight is 395 g/mol. The molecule has 2 aromatic carbocycles. The van der Waals surface area contributed by atoms with Crippen molar-refractivity contribution in [1.82, 2.24) is 10.2 Å². The van der Waals surface area contributed by atoms with Crippen molar-refractivity contribution >= 4 is 11.8 Å². The fourth-order valence-electron chi connectivity index (χ4n) is 3.77. The zero-order valence-corrected chi connectivity index (χ0v) is 17.5. The number of piperidine rings is 1. The van der Waals surface area contributed by atoms with E-state index in [1.807, 2.05) is 67.3 Å². The molecule has 1 saturated heterocycles. The molecule has 1 N–H and O–H groups in total. The number of aryl methyl sites for hydroxylation is 1. The highest BCUT2D eigenvalue weighted by atomic mass is 16.5. The number of carbonyl (C=O) groups excluding carboxylic acids is 2. The Morgan fingerprint density at radius 1 is 1.07 bits per heavy atom. The summed E-state index contributed by atoms with van der Waals surface area (Å²) in [4.78, 5) is 27.5. The molecule has 2 amide bonds. The number of hydrogen-bond acceptors (Lipinski definition) is 3. The Labute approximate surface area is 173 Å². The van der Waals surface area contributed by atoms with Gasteiger partial charge in [0.15, 0.2) is 0 Å². The lowest BCUT2D eigenvalue weighted by Gasteiger charge is -2.39. The largest absolute Gasteiger partial charge is 0.497 e. The van der Waals surface area contributed by atoms with Gasteiger partial charge in [-0.2, -0.15) is 0 Å². The van der Waals surface area contributed by atoms with Crippen molar-refractivity contribution in [2.24, 2.45) is 5.41 Å². The molecule has 0 aromatic heterocycles. The van der Waals surface area contributed by atoms with Crippen LogP contribution in [-0.4, -0.2) is 36.9 Å². The molecule has 1 unspecified atom stereocenters. The summed E-state index contributed by atoms with van der Waals surface area (Å²) in [6.45, 7) is 5.68. The van der Waals surface area contributed by atoms with E-state index in [0.717, 1.165) is 29.7 Å². The lowest BCUT2D eigenvalue weighted by atomic mass is 9.80. The number of hydrogen-bond donors (Lipinski definition) is 1. The smallest absolute Gasteiger partial charge is 0.227 e. The normalized spacial score (nSPS) is 18.9. The number of likely N-dealkylation sites (tertiary alicyclic amines) is 1. The van der Waals surface area contributed by atoms with Crippen LogP contribution in [0.1, 0.15) is 36.5 Å². The molecule has 154 valence electrons. The highest BCUT2D eigenvalue weighted by Crippen LogP contribution is 2.30. The van der Waals surface area contributed by atoms with Crippen LogP contribution in [0.4, 0.5) is 0 Å². The van der Waals surface area contributed by atoms with Gasteiger partial charge >= 0.3 is 0 Å². The summed E-state index contributed by atoms with van der Waals surface area (Å²) >= 11 is 0. The van der Waals surface area contributed by atoms with Crippen molar-refractivity contribution in [1.29, 1.82) is 0 Å². The van der Waals surface area contributed by atoms with Gasteiger partial charge in [-0.05, 0) is 49.9 Å². The molecular formula is C24H30N2O3. The van der Waals surface area contributed by atoms with E-state index in [0.29, 0.717) is 26.1 Å². The number of benzene rings is 2. The SMILES string of the molecule is COc1ccc(CC(=O)N2CCCC(C)(C(=O)NCc3ccc(C)cc3)C2)cc1. The predicted octanol–water partition coefficient (Wildman–Crippen LogP) is 3.49. The first-order chi connectivity index (χ1) is 13.9. The van der Waals surface area contributed by atoms with Crippen LogP contribution in [0, 0.1) is 12.3 Å². The Morgan fingerprint density at radius 2 is 1.72 bits per heavy atom. The molecule has 2 aromatic rings. The minimum Gasteiger partial charge on any atom is -0.497 e. The van der Waals surface area contributed by atoms with Gasteiger partial charge in [-0.3, -0.25) is 9.59 Å². The fraction of sp³-hybridized carbons (Fsp3) is 0.417. The van der Waals surface area contributed by atoms with Gasteiger partial charge in [-0.1, -0.05) is 42.0 Å². The summed E-state index contributed by atoms with van der Waals surface area (Å²) in [5, 5.41) is 3.06. The molecule has 0 spiro atoms. The highest BCUT2D eigenvalue weighted by molar-refractivity contribution is 5.84. The highest BCUT2D eigenvalue weighted by Gasteiger charge is 2.39. The fourth-order valence-corrected chi connectivity index (χ4v) is 3.77. The molecule has 1 aliphatic heterocycles. The van der Waals surface area contributed by atoms with Gasteiger partial charge in [0.1, 0.15) is 5.75 Å². The van der Waals surface area contributed by atoms with Crippen LogP contribution >= 0.6 is 0 Å². The number of rotatable bonds is 6. The van der Waals surface area contributed by atoms with E-state index in [1.54, 1.807) is 7.11 Å². The summed E-state index contributed by atoms with van der Waals surface area (Å²) in [6.07, 6.45) is 1.97. The van der Waals surface area contributed by atoms with Gasteiger partial charge in [-0.25, -0.2) is 0 Å². The number of amides is 2. The zero-order valence-electron chi connectivity index (χ0n) is 17.5. The molecule has 1 fully saturated rings. The van der Waals surface area contributed by atoms with Crippen molar-refractivity contribution in [3.8, 4) is 5.75 Å². The third-order valence-electron chi connectivity index (χ3n) is 5.69. The van der Waals surface area contributed by atoms with E-state index in [4.69, 9.17) is 4.74 Å². The quantitative estimate of drug-likeness (QED) is 0.816. The maximum Gasteiger partial charge on any atom is 0.227 e. The van der Waals surface area contributed by atoms with Crippen LogP contribution < -0.4 is 10.1 Å². The zero-order chi connectivity index (χ0) is 20.9. The molecule has 3 rings (SSSR count). The maximum atomic E-state index is 12.9. The molecule has 1 atom stereocenters. The van der Waals surface area contributed by atoms with E-state index in [9.17, 15) is 9.59 Å². The lowest BCUT2D eigenvalue weighted by molar-refractivity contribution is -0.140. The van der Waals surface area contributed by atoms with Crippen LogP contribution in [0.15, 0.2) is 48.5 Å². The van der Waals surface area contributed by atoms with E-state index >= 15 is 0 Å². The van der Waals surface area contributed by atoms with Gasteiger partial charge in [0.25, 0.3) is 0 Å². The Morgan fingerprint density at radius 3 is 2.38 bits per heavy atom. The maximum absolute atomic E-state index is 12.9. The van der Waals surface area contributed by atoms with Crippen LogP contribution in [0.3, 0.4) is 0 Å².